The molecule has 15 heavy (non-hydrogen) atoms. The summed E-state index contributed by atoms with van der Waals surface area (Å²) in [6, 6.07) is 3.63. The van der Waals surface area contributed by atoms with Crippen LogP contribution in [0.5, 0.6) is 0 Å². The zero-order valence-corrected chi connectivity index (χ0v) is 9.13. The maximum Gasteiger partial charge on any atom is 0.144 e. The van der Waals surface area contributed by atoms with Crippen LogP contribution < -0.4 is 10.6 Å². The second-order valence-electron chi connectivity index (χ2n) is 3.41. The Bertz CT molecular complexity index is 315. The predicted octanol–water partition coefficient (Wildman–Crippen LogP) is 1.14. The van der Waals surface area contributed by atoms with Crippen molar-refractivity contribution in [3.05, 3.63) is 23.4 Å². The molecule has 5 heteroatoms. The second-order valence-corrected chi connectivity index (χ2v) is 3.82. The third kappa shape index (κ3) is 3.06. The van der Waals surface area contributed by atoms with Gasteiger partial charge in [-0.15, -0.1) is 0 Å². The van der Waals surface area contributed by atoms with Crippen molar-refractivity contribution in [3.63, 3.8) is 0 Å². The van der Waals surface area contributed by atoms with E-state index in [1.807, 2.05) is 12.1 Å². The number of rotatable bonds is 3. The van der Waals surface area contributed by atoms with Crippen molar-refractivity contribution in [2.45, 2.75) is 6.10 Å². The molecule has 0 spiro atoms. The lowest BCUT2D eigenvalue weighted by Crippen LogP contribution is -2.42. The molecule has 1 aliphatic rings. The Morgan fingerprint density at radius 2 is 2.60 bits per heavy atom. The third-order valence-electron chi connectivity index (χ3n) is 2.26. The van der Waals surface area contributed by atoms with Crippen LogP contribution >= 0.6 is 11.6 Å². The van der Waals surface area contributed by atoms with E-state index >= 15 is 0 Å². The van der Waals surface area contributed by atoms with Gasteiger partial charge in [0.2, 0.25) is 0 Å². The topological polar surface area (TPSA) is 46.2 Å². The predicted molar refractivity (Wildman–Crippen MR) is 60.3 cm³/mol. The van der Waals surface area contributed by atoms with Gasteiger partial charge < -0.3 is 15.4 Å². The van der Waals surface area contributed by atoms with Crippen LogP contribution in [0, 0.1) is 0 Å². The van der Waals surface area contributed by atoms with E-state index in [1.54, 1.807) is 6.20 Å². The van der Waals surface area contributed by atoms with E-state index in [9.17, 15) is 0 Å². The first-order valence-electron chi connectivity index (χ1n) is 5.03. The van der Waals surface area contributed by atoms with Crippen LogP contribution in [-0.2, 0) is 4.74 Å². The molecule has 0 bridgehead atoms. The fourth-order valence-corrected chi connectivity index (χ4v) is 1.67. The molecule has 1 saturated heterocycles. The van der Waals surface area contributed by atoms with E-state index in [4.69, 9.17) is 16.3 Å². The van der Waals surface area contributed by atoms with Gasteiger partial charge in [0.05, 0.1) is 17.7 Å². The smallest absolute Gasteiger partial charge is 0.144 e. The monoisotopic (exact) mass is 227 g/mol. The number of ether oxygens (including phenoxy) is 1. The number of hydrogen-bond acceptors (Lipinski definition) is 4. The van der Waals surface area contributed by atoms with Crippen molar-refractivity contribution < 1.29 is 4.74 Å². The lowest BCUT2D eigenvalue weighted by atomic mass is 10.3. The molecule has 4 nitrogen and oxygen atoms in total. The summed E-state index contributed by atoms with van der Waals surface area (Å²) < 4.78 is 5.54. The van der Waals surface area contributed by atoms with Gasteiger partial charge in [0.1, 0.15) is 5.82 Å². The van der Waals surface area contributed by atoms with Gasteiger partial charge in [0.25, 0.3) is 0 Å². The van der Waals surface area contributed by atoms with Gasteiger partial charge in [-0.2, -0.15) is 0 Å². The second kappa shape index (κ2) is 5.30. The lowest BCUT2D eigenvalue weighted by molar-refractivity contribution is 0.0372. The normalized spacial score (nSPS) is 21.3. The van der Waals surface area contributed by atoms with Crippen molar-refractivity contribution in [2.75, 3.05) is 31.6 Å². The maximum atomic E-state index is 5.96. The SMILES string of the molecule is Clc1cccnc1NCC1CNCCO1. The van der Waals surface area contributed by atoms with Crippen LogP contribution in [0.1, 0.15) is 0 Å². The Morgan fingerprint density at radius 3 is 3.33 bits per heavy atom. The summed E-state index contributed by atoms with van der Waals surface area (Å²) in [7, 11) is 0. The van der Waals surface area contributed by atoms with E-state index in [0.717, 1.165) is 26.2 Å². The van der Waals surface area contributed by atoms with Gasteiger partial charge in [0.15, 0.2) is 0 Å². The molecule has 0 radical (unpaired) electrons. The fourth-order valence-electron chi connectivity index (χ4n) is 1.48. The highest BCUT2D eigenvalue weighted by Gasteiger charge is 2.13. The van der Waals surface area contributed by atoms with E-state index in [1.165, 1.54) is 0 Å². The molecule has 2 N–H and O–H groups in total. The van der Waals surface area contributed by atoms with Crippen LogP contribution in [0.3, 0.4) is 0 Å². The number of halogens is 1. The fraction of sp³-hybridized carbons (Fsp3) is 0.500. The molecular formula is C10H14ClN3O. The zero-order valence-electron chi connectivity index (χ0n) is 8.37. The zero-order chi connectivity index (χ0) is 10.5. The number of hydrogen-bond donors (Lipinski definition) is 2. The molecule has 1 atom stereocenters. The van der Waals surface area contributed by atoms with Crippen molar-refractivity contribution in [3.8, 4) is 0 Å². The van der Waals surface area contributed by atoms with Gasteiger partial charge in [-0.25, -0.2) is 4.98 Å². The number of morpholine rings is 1. The Morgan fingerprint density at radius 1 is 1.67 bits per heavy atom. The number of nitrogens with zero attached hydrogens (tertiary/aromatic N) is 1. The number of aromatic nitrogens is 1. The summed E-state index contributed by atoms with van der Waals surface area (Å²) >= 11 is 5.96. The molecule has 0 amide bonds. The summed E-state index contributed by atoms with van der Waals surface area (Å²) in [6.07, 6.45) is 1.91. The van der Waals surface area contributed by atoms with E-state index in [2.05, 4.69) is 15.6 Å². The highest BCUT2D eigenvalue weighted by Crippen LogP contribution is 2.17. The minimum absolute atomic E-state index is 0.192. The van der Waals surface area contributed by atoms with Crippen LogP contribution in [0.25, 0.3) is 0 Å². The van der Waals surface area contributed by atoms with Gasteiger partial charge in [-0.05, 0) is 12.1 Å². The highest BCUT2D eigenvalue weighted by molar-refractivity contribution is 6.32. The first kappa shape index (κ1) is 10.7. The summed E-state index contributed by atoms with van der Waals surface area (Å²) in [5.74, 6) is 0.716. The molecule has 1 aromatic heterocycles. The van der Waals surface area contributed by atoms with Crippen molar-refractivity contribution in [1.29, 1.82) is 0 Å². The van der Waals surface area contributed by atoms with Crippen LogP contribution in [0.2, 0.25) is 5.02 Å². The van der Waals surface area contributed by atoms with E-state index < -0.39 is 0 Å². The molecule has 0 saturated carbocycles. The van der Waals surface area contributed by atoms with Gasteiger partial charge in [-0.3, -0.25) is 0 Å². The Balaban J connectivity index is 1.84. The Hall–Kier alpha value is -0.840. The molecule has 2 heterocycles. The molecule has 1 aromatic rings. The minimum Gasteiger partial charge on any atom is -0.374 e. The third-order valence-corrected chi connectivity index (χ3v) is 2.57. The van der Waals surface area contributed by atoms with Crippen molar-refractivity contribution >= 4 is 17.4 Å². The highest BCUT2D eigenvalue weighted by atomic mass is 35.5. The van der Waals surface area contributed by atoms with Gasteiger partial charge >= 0.3 is 0 Å². The summed E-state index contributed by atoms with van der Waals surface area (Å²) in [6.45, 7) is 3.30. The summed E-state index contributed by atoms with van der Waals surface area (Å²) in [4.78, 5) is 4.14. The Labute approximate surface area is 94.0 Å². The van der Waals surface area contributed by atoms with Crippen molar-refractivity contribution in [2.24, 2.45) is 0 Å². The van der Waals surface area contributed by atoms with Crippen LogP contribution in [0.15, 0.2) is 18.3 Å². The lowest BCUT2D eigenvalue weighted by Gasteiger charge is -2.24. The molecule has 0 aromatic carbocycles. The quantitative estimate of drug-likeness (QED) is 0.813. The molecule has 1 fully saturated rings. The standard InChI is InChI=1S/C10H14ClN3O/c11-9-2-1-3-13-10(9)14-7-8-6-12-4-5-15-8/h1-3,8,12H,4-7H2,(H,13,14). The molecule has 82 valence electrons. The largest absolute Gasteiger partial charge is 0.374 e. The maximum absolute atomic E-state index is 5.96. The first-order valence-corrected chi connectivity index (χ1v) is 5.41. The summed E-state index contributed by atoms with van der Waals surface area (Å²) in [5.41, 5.74) is 0. The van der Waals surface area contributed by atoms with Crippen LogP contribution in [-0.4, -0.2) is 37.3 Å². The average molecular weight is 228 g/mol. The molecule has 1 aliphatic heterocycles. The van der Waals surface area contributed by atoms with Crippen molar-refractivity contribution in [1.82, 2.24) is 10.3 Å². The molecule has 1 unspecified atom stereocenters. The molecular weight excluding hydrogens is 214 g/mol. The number of pyridine rings is 1. The Kier molecular flexibility index (Phi) is 3.77. The first-order chi connectivity index (χ1) is 7.36. The van der Waals surface area contributed by atoms with Gasteiger partial charge in [0, 0.05) is 25.8 Å². The summed E-state index contributed by atoms with van der Waals surface area (Å²) in [5, 5.41) is 7.08. The van der Waals surface area contributed by atoms with Crippen LogP contribution in [0.4, 0.5) is 5.82 Å². The van der Waals surface area contributed by atoms with E-state index in [0.29, 0.717) is 10.8 Å². The minimum atomic E-state index is 0.192. The van der Waals surface area contributed by atoms with Gasteiger partial charge in [-0.1, -0.05) is 11.6 Å². The number of nitrogens with one attached hydrogen (secondary N) is 2. The van der Waals surface area contributed by atoms with E-state index in [-0.39, 0.29) is 6.10 Å². The number of anilines is 1. The average Bonchev–Trinajstić information content (AvgIpc) is 2.29. The molecule has 0 aliphatic carbocycles. The molecule has 2 rings (SSSR count).